The second-order valence-electron chi connectivity index (χ2n) is 7.17. The van der Waals surface area contributed by atoms with E-state index >= 15 is 0 Å². The fourth-order valence-electron chi connectivity index (χ4n) is 3.43. The third-order valence-electron chi connectivity index (χ3n) is 5.04. The molecule has 0 aromatic heterocycles. The van der Waals surface area contributed by atoms with E-state index in [9.17, 15) is 23.3 Å². The Balaban J connectivity index is 1.77. The van der Waals surface area contributed by atoms with Gasteiger partial charge in [-0.15, -0.1) is 0 Å². The molecule has 31 heavy (non-hydrogen) atoms. The molecule has 0 bridgehead atoms. The lowest BCUT2D eigenvalue weighted by molar-refractivity contribution is -0.384. The van der Waals surface area contributed by atoms with Gasteiger partial charge in [0.2, 0.25) is 10.0 Å². The Hall–Kier alpha value is -2.98. The normalized spacial score (nSPS) is 15.1. The highest BCUT2D eigenvalue weighted by Crippen LogP contribution is 2.29. The molecular weight excluding hydrogens is 422 g/mol. The zero-order valence-electron chi connectivity index (χ0n) is 17.2. The molecule has 1 heterocycles. The lowest BCUT2D eigenvalue weighted by Gasteiger charge is -2.20. The van der Waals surface area contributed by atoms with Crippen molar-refractivity contribution >= 4 is 27.3 Å². The number of nitrogens with one attached hydrogen (secondary N) is 1. The standard InChI is InChI=1S/C21H25N3O6S/c1-2-30-17-9-12-19(20(15-17)24(26)27)22-21(25)16-7-10-18(11-8-16)31(28,29)23-13-5-3-4-6-14-23/h7-12,15H,2-6,13-14H2,1H3,(H,22,25). The van der Waals surface area contributed by atoms with Crippen molar-refractivity contribution in [3.63, 3.8) is 0 Å². The first-order chi connectivity index (χ1) is 14.8. The summed E-state index contributed by atoms with van der Waals surface area (Å²) >= 11 is 0. The minimum Gasteiger partial charge on any atom is -0.494 e. The summed E-state index contributed by atoms with van der Waals surface area (Å²) in [6.07, 6.45) is 3.70. The van der Waals surface area contributed by atoms with Crippen LogP contribution in [0.1, 0.15) is 43.0 Å². The van der Waals surface area contributed by atoms with Crippen LogP contribution in [0.3, 0.4) is 0 Å². The van der Waals surface area contributed by atoms with Gasteiger partial charge in [0.1, 0.15) is 11.4 Å². The van der Waals surface area contributed by atoms with Crippen LogP contribution >= 0.6 is 0 Å². The number of amides is 1. The van der Waals surface area contributed by atoms with Crippen LogP contribution in [0.25, 0.3) is 0 Å². The summed E-state index contributed by atoms with van der Waals surface area (Å²) in [6, 6.07) is 9.77. The van der Waals surface area contributed by atoms with Crippen molar-refractivity contribution in [1.82, 2.24) is 4.31 Å². The van der Waals surface area contributed by atoms with Crippen molar-refractivity contribution in [1.29, 1.82) is 0 Å². The van der Waals surface area contributed by atoms with Crippen molar-refractivity contribution in [2.45, 2.75) is 37.5 Å². The number of anilines is 1. The van der Waals surface area contributed by atoms with Gasteiger partial charge in [-0.2, -0.15) is 4.31 Å². The summed E-state index contributed by atoms with van der Waals surface area (Å²) in [7, 11) is -3.62. The Morgan fingerprint density at radius 2 is 1.74 bits per heavy atom. The molecule has 1 aliphatic heterocycles. The van der Waals surface area contributed by atoms with E-state index in [0.717, 1.165) is 25.7 Å². The molecule has 166 valence electrons. The van der Waals surface area contributed by atoms with Crippen molar-refractivity contribution < 1.29 is 22.9 Å². The van der Waals surface area contributed by atoms with Gasteiger partial charge in [-0.05, 0) is 56.2 Å². The highest BCUT2D eigenvalue weighted by molar-refractivity contribution is 7.89. The SMILES string of the molecule is CCOc1ccc(NC(=O)c2ccc(S(=O)(=O)N3CCCCCC3)cc2)c([N+](=O)[O-])c1. The van der Waals surface area contributed by atoms with E-state index in [1.54, 1.807) is 6.92 Å². The Morgan fingerprint density at radius 3 is 2.32 bits per heavy atom. The van der Waals surface area contributed by atoms with Crippen LogP contribution in [0.2, 0.25) is 0 Å². The van der Waals surface area contributed by atoms with Gasteiger partial charge >= 0.3 is 0 Å². The van der Waals surface area contributed by atoms with Crippen molar-refractivity contribution in [3.05, 3.63) is 58.1 Å². The van der Waals surface area contributed by atoms with Gasteiger partial charge in [0, 0.05) is 18.7 Å². The summed E-state index contributed by atoms with van der Waals surface area (Å²) in [4.78, 5) is 23.5. The van der Waals surface area contributed by atoms with Crippen LogP contribution in [0.4, 0.5) is 11.4 Å². The molecule has 1 saturated heterocycles. The fraction of sp³-hybridized carbons (Fsp3) is 0.381. The lowest BCUT2D eigenvalue weighted by atomic mass is 10.2. The molecule has 0 unspecified atom stereocenters. The number of nitrogens with zero attached hydrogens (tertiary/aromatic N) is 2. The molecular formula is C21H25N3O6S. The van der Waals surface area contributed by atoms with E-state index in [1.165, 1.54) is 46.8 Å². The summed E-state index contributed by atoms with van der Waals surface area (Å²) in [5, 5.41) is 13.9. The largest absolute Gasteiger partial charge is 0.494 e. The second kappa shape index (κ2) is 9.88. The quantitative estimate of drug-likeness (QED) is 0.509. The molecule has 0 spiro atoms. The number of rotatable bonds is 7. The molecule has 0 atom stereocenters. The molecule has 1 N–H and O–H groups in total. The molecule has 1 amide bonds. The van der Waals surface area contributed by atoms with Crippen LogP contribution in [-0.2, 0) is 10.0 Å². The summed E-state index contributed by atoms with van der Waals surface area (Å²) in [5.41, 5.74) is -0.0719. The van der Waals surface area contributed by atoms with E-state index < -0.39 is 20.9 Å². The molecule has 0 aliphatic carbocycles. The number of hydrogen-bond donors (Lipinski definition) is 1. The first-order valence-electron chi connectivity index (χ1n) is 10.2. The van der Waals surface area contributed by atoms with E-state index in [1.807, 2.05) is 0 Å². The van der Waals surface area contributed by atoms with Gasteiger partial charge < -0.3 is 10.1 Å². The van der Waals surface area contributed by atoms with Crippen molar-refractivity contribution in [2.75, 3.05) is 25.0 Å². The van der Waals surface area contributed by atoms with E-state index in [4.69, 9.17) is 4.74 Å². The van der Waals surface area contributed by atoms with Gasteiger partial charge in [-0.1, -0.05) is 12.8 Å². The Morgan fingerprint density at radius 1 is 1.10 bits per heavy atom. The average molecular weight is 448 g/mol. The summed E-state index contributed by atoms with van der Waals surface area (Å²) < 4.78 is 32.5. The molecule has 2 aromatic rings. The van der Waals surface area contributed by atoms with E-state index in [2.05, 4.69) is 5.32 Å². The molecule has 9 nitrogen and oxygen atoms in total. The smallest absolute Gasteiger partial charge is 0.296 e. The fourth-order valence-corrected chi connectivity index (χ4v) is 4.95. The Bertz CT molecular complexity index is 1050. The predicted octanol–water partition coefficient (Wildman–Crippen LogP) is 3.81. The predicted molar refractivity (Wildman–Crippen MR) is 116 cm³/mol. The molecule has 1 aliphatic rings. The Kier molecular flexibility index (Phi) is 7.24. The number of benzene rings is 2. The number of ether oxygens (including phenoxy) is 1. The highest BCUT2D eigenvalue weighted by atomic mass is 32.2. The minimum atomic E-state index is -3.62. The van der Waals surface area contributed by atoms with Crippen LogP contribution in [0, 0.1) is 10.1 Å². The van der Waals surface area contributed by atoms with Gasteiger partial charge in [-0.3, -0.25) is 14.9 Å². The van der Waals surface area contributed by atoms with Crippen molar-refractivity contribution in [2.24, 2.45) is 0 Å². The topological polar surface area (TPSA) is 119 Å². The van der Waals surface area contributed by atoms with Gasteiger partial charge in [0.05, 0.1) is 22.5 Å². The molecule has 10 heteroatoms. The maximum Gasteiger partial charge on any atom is 0.296 e. The first-order valence-corrected chi connectivity index (χ1v) is 11.6. The highest BCUT2D eigenvalue weighted by Gasteiger charge is 2.25. The number of sulfonamides is 1. The summed E-state index contributed by atoms with van der Waals surface area (Å²) in [6.45, 7) is 3.10. The number of nitro groups is 1. The van der Waals surface area contributed by atoms with Gasteiger partial charge in [0.15, 0.2) is 0 Å². The van der Waals surface area contributed by atoms with Gasteiger partial charge in [0.25, 0.3) is 11.6 Å². The lowest BCUT2D eigenvalue weighted by Crippen LogP contribution is -2.31. The third-order valence-corrected chi connectivity index (χ3v) is 6.96. The Labute approximate surface area is 181 Å². The first kappa shape index (κ1) is 22.7. The maximum atomic E-state index is 12.9. The zero-order chi connectivity index (χ0) is 22.4. The molecule has 3 rings (SSSR count). The third kappa shape index (κ3) is 5.39. The van der Waals surface area contributed by atoms with Crippen LogP contribution < -0.4 is 10.1 Å². The maximum absolute atomic E-state index is 12.9. The van der Waals surface area contributed by atoms with Crippen LogP contribution in [-0.4, -0.2) is 43.2 Å². The zero-order valence-corrected chi connectivity index (χ0v) is 18.1. The summed E-state index contributed by atoms with van der Waals surface area (Å²) in [5.74, 6) is -0.249. The van der Waals surface area contributed by atoms with Crippen molar-refractivity contribution in [3.8, 4) is 5.75 Å². The number of carbonyl (C=O) groups excluding carboxylic acids is 1. The molecule has 0 radical (unpaired) electrons. The average Bonchev–Trinajstić information content (AvgIpc) is 3.05. The monoisotopic (exact) mass is 447 g/mol. The minimum absolute atomic E-state index is 0.0275. The second-order valence-corrected chi connectivity index (χ2v) is 9.10. The molecule has 1 fully saturated rings. The number of carbonyl (C=O) groups is 1. The molecule has 2 aromatic carbocycles. The van der Waals surface area contributed by atoms with Gasteiger partial charge in [-0.25, -0.2) is 8.42 Å². The van der Waals surface area contributed by atoms with E-state index in [0.29, 0.717) is 25.4 Å². The number of nitro benzene ring substituents is 1. The van der Waals surface area contributed by atoms with Crippen LogP contribution in [0.5, 0.6) is 5.75 Å². The molecule has 0 saturated carbocycles. The number of hydrogen-bond acceptors (Lipinski definition) is 6. The van der Waals surface area contributed by atoms with Crippen LogP contribution in [0.15, 0.2) is 47.4 Å². The van der Waals surface area contributed by atoms with E-state index in [-0.39, 0.29) is 21.8 Å².